The molecule has 0 saturated carbocycles. The van der Waals surface area contributed by atoms with Crippen LogP contribution in [0.5, 0.6) is 0 Å². The first kappa shape index (κ1) is 18.5. The Morgan fingerprint density at radius 1 is 1.27 bits per heavy atom. The predicted molar refractivity (Wildman–Crippen MR) is 102 cm³/mol. The van der Waals surface area contributed by atoms with Gasteiger partial charge in [-0.3, -0.25) is 0 Å². The number of nitrogens with one attached hydrogen (secondary N) is 1. The molecule has 1 saturated heterocycles. The Labute approximate surface area is 154 Å². The number of hydrogen-bond donors (Lipinski definition) is 1. The monoisotopic (exact) mass is 359 g/mol. The number of amides is 1. The van der Waals surface area contributed by atoms with E-state index in [9.17, 15) is 4.79 Å². The van der Waals surface area contributed by atoms with E-state index in [0.29, 0.717) is 25.2 Å². The number of piperidine rings is 1. The zero-order chi connectivity index (χ0) is 18.9. The fourth-order valence-electron chi connectivity index (χ4n) is 3.18. The number of nitrogens with zero attached hydrogens (tertiary/aromatic N) is 4. The Bertz CT molecular complexity index is 770. The van der Waals surface area contributed by atoms with Gasteiger partial charge in [0.15, 0.2) is 5.65 Å². The first-order valence-electron chi connectivity index (χ1n) is 9.30. The van der Waals surface area contributed by atoms with Gasteiger partial charge >= 0.3 is 6.09 Å². The van der Waals surface area contributed by atoms with Gasteiger partial charge in [-0.1, -0.05) is 0 Å². The topological polar surface area (TPSA) is 72.3 Å². The molecule has 7 heteroatoms. The quantitative estimate of drug-likeness (QED) is 0.902. The molecule has 1 aliphatic rings. The molecule has 0 bridgehead atoms. The van der Waals surface area contributed by atoms with Crippen LogP contribution in [-0.2, 0) is 4.74 Å². The van der Waals surface area contributed by atoms with Gasteiger partial charge in [-0.25, -0.2) is 14.8 Å². The number of ether oxygens (including phenoxy) is 1. The van der Waals surface area contributed by atoms with E-state index in [1.807, 2.05) is 39.4 Å². The molecule has 26 heavy (non-hydrogen) atoms. The highest BCUT2D eigenvalue weighted by molar-refractivity contribution is 5.85. The Hall–Kier alpha value is -2.31. The van der Waals surface area contributed by atoms with Crippen LogP contribution in [0.15, 0.2) is 18.6 Å². The Kier molecular flexibility index (Phi) is 5.07. The van der Waals surface area contributed by atoms with Crippen molar-refractivity contribution in [1.82, 2.24) is 19.4 Å². The first-order chi connectivity index (χ1) is 12.2. The minimum atomic E-state index is -0.454. The van der Waals surface area contributed by atoms with Crippen molar-refractivity contribution in [2.45, 2.75) is 65.1 Å². The van der Waals surface area contributed by atoms with Crippen molar-refractivity contribution in [2.24, 2.45) is 0 Å². The zero-order valence-corrected chi connectivity index (χ0v) is 16.3. The number of imidazole rings is 1. The molecule has 0 spiro atoms. The second kappa shape index (κ2) is 7.13. The zero-order valence-electron chi connectivity index (χ0n) is 16.3. The van der Waals surface area contributed by atoms with Crippen LogP contribution < -0.4 is 5.32 Å². The van der Waals surface area contributed by atoms with Crippen LogP contribution in [0.4, 0.5) is 10.5 Å². The van der Waals surface area contributed by atoms with Gasteiger partial charge in [0.2, 0.25) is 0 Å². The summed E-state index contributed by atoms with van der Waals surface area (Å²) in [6.07, 6.45) is 5.21. The van der Waals surface area contributed by atoms with Crippen molar-refractivity contribution in [1.29, 1.82) is 0 Å². The van der Waals surface area contributed by atoms with E-state index in [4.69, 9.17) is 4.74 Å². The summed E-state index contributed by atoms with van der Waals surface area (Å²) in [5.74, 6) is 0. The second-order valence-corrected chi connectivity index (χ2v) is 8.16. The van der Waals surface area contributed by atoms with E-state index in [0.717, 1.165) is 29.7 Å². The van der Waals surface area contributed by atoms with Crippen molar-refractivity contribution in [3.05, 3.63) is 18.6 Å². The molecule has 7 nitrogen and oxygen atoms in total. The van der Waals surface area contributed by atoms with E-state index >= 15 is 0 Å². The first-order valence-corrected chi connectivity index (χ1v) is 9.30. The fourth-order valence-corrected chi connectivity index (χ4v) is 3.18. The van der Waals surface area contributed by atoms with Gasteiger partial charge in [0, 0.05) is 31.4 Å². The molecule has 3 heterocycles. The lowest BCUT2D eigenvalue weighted by atomic mass is 10.0. The Morgan fingerprint density at radius 3 is 2.58 bits per heavy atom. The Morgan fingerprint density at radius 2 is 1.96 bits per heavy atom. The number of aromatic nitrogens is 3. The van der Waals surface area contributed by atoms with Crippen LogP contribution in [0.3, 0.4) is 0 Å². The van der Waals surface area contributed by atoms with Crippen LogP contribution >= 0.6 is 0 Å². The van der Waals surface area contributed by atoms with Gasteiger partial charge in [-0.2, -0.15) is 0 Å². The highest BCUT2D eigenvalue weighted by atomic mass is 16.6. The molecule has 0 aromatic carbocycles. The van der Waals surface area contributed by atoms with Gasteiger partial charge in [0.05, 0.1) is 12.0 Å². The van der Waals surface area contributed by atoms with Crippen molar-refractivity contribution in [2.75, 3.05) is 18.4 Å². The molecule has 1 N–H and O–H groups in total. The van der Waals surface area contributed by atoms with Crippen molar-refractivity contribution < 1.29 is 9.53 Å². The molecule has 0 unspecified atom stereocenters. The lowest BCUT2D eigenvalue weighted by Crippen LogP contribution is -2.44. The largest absolute Gasteiger partial charge is 0.444 e. The number of likely N-dealkylation sites (tertiary alicyclic amines) is 1. The molecule has 2 aromatic heterocycles. The van der Waals surface area contributed by atoms with Gasteiger partial charge in [0.1, 0.15) is 11.1 Å². The highest BCUT2D eigenvalue weighted by Crippen LogP contribution is 2.25. The fraction of sp³-hybridized carbons (Fsp3) is 0.632. The molecule has 1 fully saturated rings. The molecule has 0 aliphatic carbocycles. The normalized spacial score (nSPS) is 16.3. The van der Waals surface area contributed by atoms with Crippen LogP contribution in [0.25, 0.3) is 11.2 Å². The van der Waals surface area contributed by atoms with Crippen LogP contribution in [0, 0.1) is 0 Å². The predicted octanol–water partition coefficient (Wildman–Crippen LogP) is 3.82. The summed E-state index contributed by atoms with van der Waals surface area (Å²) < 4.78 is 7.53. The number of rotatable bonds is 3. The maximum Gasteiger partial charge on any atom is 0.410 e. The SMILES string of the molecule is CC(C)n1cnc2c(NC3CCN(C(=O)OC(C)(C)C)CC3)ccnc21. The van der Waals surface area contributed by atoms with Crippen molar-refractivity contribution in [3.63, 3.8) is 0 Å². The summed E-state index contributed by atoms with van der Waals surface area (Å²) in [4.78, 5) is 23.0. The van der Waals surface area contributed by atoms with E-state index in [1.54, 1.807) is 4.90 Å². The van der Waals surface area contributed by atoms with Gasteiger partial charge in [0.25, 0.3) is 0 Å². The summed E-state index contributed by atoms with van der Waals surface area (Å²) in [5, 5.41) is 3.59. The highest BCUT2D eigenvalue weighted by Gasteiger charge is 2.27. The van der Waals surface area contributed by atoms with Gasteiger partial charge < -0.3 is 19.5 Å². The van der Waals surface area contributed by atoms with Crippen LogP contribution in [0.1, 0.15) is 53.5 Å². The molecule has 0 radical (unpaired) electrons. The van der Waals surface area contributed by atoms with Crippen LogP contribution in [-0.4, -0.2) is 50.3 Å². The summed E-state index contributed by atoms with van der Waals surface area (Å²) in [6.45, 7) is 11.3. The van der Waals surface area contributed by atoms with Crippen molar-refractivity contribution >= 4 is 22.9 Å². The molecular formula is C19H29N5O2. The minimum absolute atomic E-state index is 0.224. The number of anilines is 1. The van der Waals surface area contributed by atoms with E-state index in [-0.39, 0.29) is 6.09 Å². The molecule has 1 amide bonds. The van der Waals surface area contributed by atoms with Crippen molar-refractivity contribution in [3.8, 4) is 0 Å². The lowest BCUT2D eigenvalue weighted by Gasteiger charge is -2.34. The van der Waals surface area contributed by atoms with E-state index in [2.05, 4.69) is 33.7 Å². The summed E-state index contributed by atoms with van der Waals surface area (Å²) in [5.41, 5.74) is 2.35. The van der Waals surface area contributed by atoms with Gasteiger partial charge in [-0.15, -0.1) is 0 Å². The third-order valence-electron chi connectivity index (χ3n) is 4.52. The number of hydrogen-bond acceptors (Lipinski definition) is 5. The smallest absolute Gasteiger partial charge is 0.410 e. The summed E-state index contributed by atoms with van der Waals surface area (Å²) in [7, 11) is 0. The maximum absolute atomic E-state index is 12.2. The van der Waals surface area contributed by atoms with E-state index < -0.39 is 5.60 Å². The molecular weight excluding hydrogens is 330 g/mol. The summed E-state index contributed by atoms with van der Waals surface area (Å²) >= 11 is 0. The lowest BCUT2D eigenvalue weighted by molar-refractivity contribution is 0.0210. The average Bonchev–Trinajstić information content (AvgIpc) is 2.99. The van der Waals surface area contributed by atoms with Crippen LogP contribution in [0.2, 0.25) is 0 Å². The third kappa shape index (κ3) is 4.08. The summed E-state index contributed by atoms with van der Waals surface area (Å²) in [6, 6.07) is 2.60. The minimum Gasteiger partial charge on any atom is -0.444 e. The number of carbonyl (C=O) groups excluding carboxylic acids is 1. The Balaban J connectivity index is 1.63. The number of pyridine rings is 1. The molecule has 142 valence electrons. The molecule has 0 atom stereocenters. The molecule has 3 rings (SSSR count). The number of fused-ring (bicyclic) bond motifs is 1. The third-order valence-corrected chi connectivity index (χ3v) is 4.52. The average molecular weight is 359 g/mol. The number of carbonyl (C=O) groups is 1. The molecule has 2 aromatic rings. The van der Waals surface area contributed by atoms with Gasteiger partial charge in [-0.05, 0) is 53.5 Å². The maximum atomic E-state index is 12.2. The second-order valence-electron chi connectivity index (χ2n) is 8.16. The van der Waals surface area contributed by atoms with E-state index in [1.165, 1.54) is 0 Å². The standard InChI is InChI=1S/C19H29N5O2/c1-13(2)24-12-21-16-15(6-9-20-17(16)24)22-14-7-10-23(11-8-14)18(25)26-19(3,4)5/h6,9,12-14H,7-8,10-11H2,1-5H3,(H,20,22). The molecule has 1 aliphatic heterocycles.